The molecule has 0 aliphatic heterocycles. The molecule has 0 aliphatic carbocycles. The quantitative estimate of drug-likeness (QED) is 0.705. The van der Waals surface area contributed by atoms with Crippen LogP contribution in [0.1, 0.15) is 26.3 Å². The van der Waals surface area contributed by atoms with Crippen LogP contribution in [-0.4, -0.2) is 19.8 Å². The Labute approximate surface area is 118 Å². The van der Waals surface area contributed by atoms with Crippen LogP contribution < -0.4 is 0 Å². The summed E-state index contributed by atoms with van der Waals surface area (Å²) in [5.74, 6) is -1.22. The highest BCUT2D eigenvalue weighted by Crippen LogP contribution is 2.33. The summed E-state index contributed by atoms with van der Waals surface area (Å²) in [4.78, 5) is 0. The molecule has 0 aromatic heterocycles. The van der Waals surface area contributed by atoms with Crippen molar-refractivity contribution in [1.29, 1.82) is 0 Å². The lowest BCUT2D eigenvalue weighted by Crippen LogP contribution is -2.36. The van der Waals surface area contributed by atoms with Crippen LogP contribution in [0.5, 0.6) is 0 Å². The fourth-order valence-electron chi connectivity index (χ4n) is 1.63. The van der Waals surface area contributed by atoms with Crippen LogP contribution in [0.15, 0.2) is 18.2 Å². The number of rotatable bonds is 7. The third-order valence-corrected chi connectivity index (χ3v) is 3.02. The van der Waals surface area contributed by atoms with E-state index in [1.54, 1.807) is 18.2 Å². The van der Waals surface area contributed by atoms with Gasteiger partial charge in [0.15, 0.2) is 0 Å². The maximum Gasteiger partial charge on any atom is 0.312 e. The second-order valence-electron chi connectivity index (χ2n) is 3.48. The summed E-state index contributed by atoms with van der Waals surface area (Å²) in [6, 6.07) is 5.19. The van der Waals surface area contributed by atoms with E-state index in [-0.39, 0.29) is 0 Å². The van der Waals surface area contributed by atoms with E-state index in [0.717, 1.165) is 0 Å². The van der Waals surface area contributed by atoms with Crippen molar-refractivity contribution in [3.05, 3.63) is 33.8 Å². The van der Waals surface area contributed by atoms with Crippen LogP contribution >= 0.6 is 23.2 Å². The summed E-state index contributed by atoms with van der Waals surface area (Å²) in [6.07, 6.45) is 0. The van der Waals surface area contributed by atoms with Gasteiger partial charge in [0.25, 0.3) is 0 Å². The van der Waals surface area contributed by atoms with Crippen molar-refractivity contribution in [3.63, 3.8) is 0 Å². The average Bonchev–Trinajstić information content (AvgIpc) is 2.33. The van der Waals surface area contributed by atoms with Crippen LogP contribution in [0.2, 0.25) is 10.0 Å². The third kappa shape index (κ3) is 3.59. The highest BCUT2D eigenvalue weighted by atomic mass is 35.5. The van der Waals surface area contributed by atoms with Gasteiger partial charge in [0.1, 0.15) is 0 Å². The van der Waals surface area contributed by atoms with E-state index in [2.05, 4.69) is 0 Å². The number of hydrogen-bond donors (Lipinski definition) is 0. The Morgan fingerprint density at radius 3 is 1.78 bits per heavy atom. The topological polar surface area (TPSA) is 27.7 Å². The van der Waals surface area contributed by atoms with Gasteiger partial charge in [-0.25, -0.2) is 0 Å². The van der Waals surface area contributed by atoms with E-state index >= 15 is 0 Å². The normalized spacial score (nSPS) is 11.8. The van der Waals surface area contributed by atoms with Crippen LogP contribution in [-0.2, 0) is 20.2 Å². The third-order valence-electron chi connectivity index (χ3n) is 2.28. The van der Waals surface area contributed by atoms with Crippen LogP contribution in [0.3, 0.4) is 0 Å². The van der Waals surface area contributed by atoms with Gasteiger partial charge in [-0.15, -0.1) is 0 Å². The van der Waals surface area contributed by atoms with Crippen LogP contribution in [0, 0.1) is 0 Å². The van der Waals surface area contributed by atoms with E-state index in [9.17, 15) is 0 Å². The maximum absolute atomic E-state index is 6.02. The largest absolute Gasteiger partial charge is 0.324 e. The minimum Gasteiger partial charge on any atom is -0.324 e. The van der Waals surface area contributed by atoms with Gasteiger partial charge in [0, 0.05) is 25.4 Å². The van der Waals surface area contributed by atoms with E-state index in [1.807, 2.05) is 20.8 Å². The van der Waals surface area contributed by atoms with Crippen molar-refractivity contribution in [2.45, 2.75) is 26.7 Å². The Balaban J connectivity index is 3.16. The highest BCUT2D eigenvalue weighted by molar-refractivity contribution is 6.42. The molecule has 0 radical (unpaired) electrons. The van der Waals surface area contributed by atoms with Gasteiger partial charge in [0.05, 0.1) is 10.0 Å². The van der Waals surface area contributed by atoms with Crippen LogP contribution in [0.4, 0.5) is 0 Å². The number of hydrogen-bond acceptors (Lipinski definition) is 3. The summed E-state index contributed by atoms with van der Waals surface area (Å²) in [7, 11) is 0. The molecule has 0 saturated carbocycles. The minimum atomic E-state index is -1.22. The zero-order valence-electron chi connectivity index (χ0n) is 10.8. The van der Waals surface area contributed by atoms with Gasteiger partial charge in [-0.3, -0.25) is 0 Å². The summed E-state index contributed by atoms with van der Waals surface area (Å²) in [6.45, 7) is 7.01. The lowest BCUT2D eigenvalue weighted by molar-refractivity contribution is -0.389. The first kappa shape index (κ1) is 15.7. The zero-order valence-corrected chi connectivity index (χ0v) is 12.3. The predicted molar refractivity (Wildman–Crippen MR) is 73.0 cm³/mol. The molecular formula is C13H18Cl2O3. The first-order valence-electron chi connectivity index (χ1n) is 5.97. The van der Waals surface area contributed by atoms with Gasteiger partial charge in [0.2, 0.25) is 0 Å². The summed E-state index contributed by atoms with van der Waals surface area (Å²) in [5.41, 5.74) is 0.697. The molecule has 0 fully saturated rings. The lowest BCUT2D eigenvalue weighted by atomic mass is 10.2. The fourth-order valence-corrected chi connectivity index (χ4v) is 1.93. The van der Waals surface area contributed by atoms with Gasteiger partial charge >= 0.3 is 5.97 Å². The van der Waals surface area contributed by atoms with Gasteiger partial charge in [-0.1, -0.05) is 23.2 Å². The zero-order chi connectivity index (χ0) is 13.6. The second-order valence-corrected chi connectivity index (χ2v) is 4.30. The van der Waals surface area contributed by atoms with Crippen molar-refractivity contribution in [2.75, 3.05) is 19.8 Å². The monoisotopic (exact) mass is 292 g/mol. The van der Waals surface area contributed by atoms with E-state index in [0.29, 0.717) is 35.4 Å². The average molecular weight is 293 g/mol. The summed E-state index contributed by atoms with van der Waals surface area (Å²) >= 11 is 11.9. The highest BCUT2D eigenvalue weighted by Gasteiger charge is 2.35. The van der Waals surface area contributed by atoms with E-state index in [4.69, 9.17) is 37.4 Å². The minimum absolute atomic E-state index is 0.442. The molecular weight excluding hydrogens is 275 g/mol. The molecule has 0 aliphatic rings. The van der Waals surface area contributed by atoms with Crippen molar-refractivity contribution < 1.29 is 14.2 Å². The number of ether oxygens (including phenoxy) is 3. The summed E-state index contributed by atoms with van der Waals surface area (Å²) < 4.78 is 16.9. The number of halogens is 2. The Morgan fingerprint density at radius 1 is 0.889 bits per heavy atom. The maximum atomic E-state index is 6.02. The molecule has 3 nitrogen and oxygen atoms in total. The fraction of sp³-hybridized carbons (Fsp3) is 0.538. The van der Waals surface area contributed by atoms with Crippen molar-refractivity contribution in [1.82, 2.24) is 0 Å². The Bertz CT molecular complexity index is 365. The first-order chi connectivity index (χ1) is 8.59. The Kier molecular flexibility index (Phi) is 6.39. The van der Waals surface area contributed by atoms with Crippen LogP contribution in [0.25, 0.3) is 0 Å². The molecule has 102 valence electrons. The molecule has 5 heteroatoms. The molecule has 1 aromatic rings. The Hall–Kier alpha value is -0.320. The molecule has 0 bridgehead atoms. The molecule has 0 heterocycles. The molecule has 0 N–H and O–H groups in total. The molecule has 0 unspecified atom stereocenters. The summed E-state index contributed by atoms with van der Waals surface area (Å²) in [5, 5.41) is 0.927. The molecule has 0 amide bonds. The lowest BCUT2D eigenvalue weighted by Gasteiger charge is -2.32. The molecule has 1 rings (SSSR count). The second kappa shape index (κ2) is 7.31. The standard InChI is InChI=1S/C13H18Cl2O3/c1-4-16-13(17-5-2,18-6-3)10-7-8-11(14)12(15)9-10/h7-9H,4-6H2,1-3H3. The first-order valence-corrected chi connectivity index (χ1v) is 6.72. The molecule has 0 saturated heterocycles. The van der Waals surface area contributed by atoms with Crippen molar-refractivity contribution in [3.8, 4) is 0 Å². The Morgan fingerprint density at radius 2 is 1.39 bits per heavy atom. The van der Waals surface area contributed by atoms with Gasteiger partial charge in [-0.2, -0.15) is 0 Å². The van der Waals surface area contributed by atoms with Crippen molar-refractivity contribution in [2.24, 2.45) is 0 Å². The van der Waals surface area contributed by atoms with Gasteiger partial charge < -0.3 is 14.2 Å². The number of benzene rings is 1. The molecule has 0 spiro atoms. The van der Waals surface area contributed by atoms with Gasteiger partial charge in [-0.05, 0) is 39.0 Å². The SMILES string of the molecule is CCOC(OCC)(OCC)c1ccc(Cl)c(Cl)c1. The van der Waals surface area contributed by atoms with E-state index < -0.39 is 5.97 Å². The van der Waals surface area contributed by atoms with E-state index in [1.165, 1.54) is 0 Å². The molecule has 18 heavy (non-hydrogen) atoms. The van der Waals surface area contributed by atoms with Crippen molar-refractivity contribution >= 4 is 23.2 Å². The predicted octanol–water partition coefficient (Wildman–Crippen LogP) is 4.21. The smallest absolute Gasteiger partial charge is 0.312 e. The molecule has 1 aromatic carbocycles. The molecule has 0 atom stereocenters.